The molecule has 0 aliphatic rings. The van der Waals surface area contributed by atoms with Crippen LogP contribution in [-0.4, -0.2) is 18.1 Å². The first-order valence-corrected chi connectivity index (χ1v) is 7.34. The van der Waals surface area contributed by atoms with E-state index in [1.807, 2.05) is 54.6 Å². The molecule has 4 heteroatoms. The summed E-state index contributed by atoms with van der Waals surface area (Å²) in [5.41, 5.74) is 3.62. The summed E-state index contributed by atoms with van der Waals surface area (Å²) in [5.74, 6) is 0.440. The molecule has 0 aliphatic carbocycles. The Labute approximate surface area is 134 Å². The van der Waals surface area contributed by atoms with Gasteiger partial charge in [-0.05, 0) is 24.3 Å². The van der Waals surface area contributed by atoms with Crippen molar-refractivity contribution in [2.24, 2.45) is 0 Å². The number of aromatic nitrogens is 1. The molecule has 0 atom stereocenters. The van der Waals surface area contributed by atoms with Crippen molar-refractivity contribution in [3.05, 3.63) is 60.2 Å². The zero-order valence-corrected chi connectivity index (χ0v) is 13.1. The number of methoxy groups -OCH3 is 1. The zero-order chi connectivity index (χ0) is 16.2. The molecule has 0 spiro atoms. The van der Waals surface area contributed by atoms with E-state index < -0.39 is 0 Å². The number of hydrogen-bond acceptors (Lipinski definition) is 4. The predicted octanol–water partition coefficient (Wildman–Crippen LogP) is 3.97. The fourth-order valence-corrected chi connectivity index (χ4v) is 2.46. The molecule has 0 fully saturated rings. The maximum atomic E-state index is 11.2. The highest BCUT2D eigenvalue weighted by Gasteiger charge is 2.10. The highest BCUT2D eigenvalue weighted by molar-refractivity contribution is 5.86. The van der Waals surface area contributed by atoms with Gasteiger partial charge in [0.1, 0.15) is 12.4 Å². The number of carbonyl (C=O) groups excluding carboxylic acids is 1. The lowest BCUT2D eigenvalue weighted by Gasteiger charge is -2.11. The smallest absolute Gasteiger partial charge is 0.302 e. The maximum absolute atomic E-state index is 11.2. The largest absolute Gasteiger partial charge is 0.497 e. The van der Waals surface area contributed by atoms with E-state index in [2.05, 4.69) is 0 Å². The van der Waals surface area contributed by atoms with Crippen LogP contribution in [0.3, 0.4) is 0 Å². The summed E-state index contributed by atoms with van der Waals surface area (Å²) < 4.78 is 10.5. The molecular weight excluding hydrogens is 290 g/mol. The fourth-order valence-electron chi connectivity index (χ4n) is 2.46. The standard InChI is InChI=1S/C19H17NO3/c1-13(21)23-12-15-10-19(14-6-4-3-5-7-14)20-18-9-8-16(22-2)11-17(15)18/h3-11H,12H2,1-2H3. The second-order valence-electron chi connectivity index (χ2n) is 5.20. The van der Waals surface area contributed by atoms with Gasteiger partial charge in [0.15, 0.2) is 0 Å². The normalized spacial score (nSPS) is 10.5. The number of rotatable bonds is 4. The summed E-state index contributed by atoms with van der Waals surface area (Å²) in [6.07, 6.45) is 0. The molecule has 0 saturated carbocycles. The molecule has 0 amide bonds. The van der Waals surface area contributed by atoms with E-state index in [0.717, 1.165) is 33.5 Å². The van der Waals surface area contributed by atoms with Crippen LogP contribution in [0.1, 0.15) is 12.5 Å². The lowest BCUT2D eigenvalue weighted by Crippen LogP contribution is -2.01. The second-order valence-corrected chi connectivity index (χ2v) is 5.20. The fraction of sp³-hybridized carbons (Fsp3) is 0.158. The van der Waals surface area contributed by atoms with Crippen molar-refractivity contribution in [2.45, 2.75) is 13.5 Å². The third-order valence-corrected chi connectivity index (χ3v) is 3.60. The molecule has 116 valence electrons. The second kappa shape index (κ2) is 6.48. The van der Waals surface area contributed by atoms with Crippen LogP contribution in [0, 0.1) is 0 Å². The van der Waals surface area contributed by atoms with Gasteiger partial charge in [-0.25, -0.2) is 4.98 Å². The molecule has 0 bridgehead atoms. The minimum absolute atomic E-state index is 0.210. The summed E-state index contributed by atoms with van der Waals surface area (Å²) in [4.78, 5) is 15.9. The number of fused-ring (bicyclic) bond motifs is 1. The van der Waals surface area contributed by atoms with Crippen molar-refractivity contribution in [2.75, 3.05) is 7.11 Å². The summed E-state index contributed by atoms with van der Waals surface area (Å²) in [5, 5.41) is 0.922. The quantitative estimate of drug-likeness (QED) is 0.684. The molecule has 2 aromatic carbocycles. The number of carbonyl (C=O) groups is 1. The summed E-state index contributed by atoms with van der Waals surface area (Å²) in [6.45, 7) is 1.61. The summed E-state index contributed by atoms with van der Waals surface area (Å²) >= 11 is 0. The van der Waals surface area contributed by atoms with Gasteiger partial charge in [0.05, 0.1) is 18.3 Å². The number of pyridine rings is 1. The first-order chi connectivity index (χ1) is 11.2. The Hall–Kier alpha value is -2.88. The number of esters is 1. The molecule has 4 nitrogen and oxygen atoms in total. The van der Waals surface area contributed by atoms with Crippen molar-refractivity contribution in [3.63, 3.8) is 0 Å². The van der Waals surface area contributed by atoms with Crippen LogP contribution < -0.4 is 4.74 Å². The van der Waals surface area contributed by atoms with Gasteiger partial charge in [-0.2, -0.15) is 0 Å². The molecule has 0 aliphatic heterocycles. The lowest BCUT2D eigenvalue weighted by atomic mass is 10.0. The molecule has 1 heterocycles. The maximum Gasteiger partial charge on any atom is 0.302 e. The van der Waals surface area contributed by atoms with Crippen LogP contribution in [-0.2, 0) is 16.1 Å². The minimum atomic E-state index is -0.306. The number of hydrogen-bond donors (Lipinski definition) is 0. The molecule has 23 heavy (non-hydrogen) atoms. The predicted molar refractivity (Wildman–Crippen MR) is 89.2 cm³/mol. The van der Waals surface area contributed by atoms with E-state index in [0.29, 0.717) is 0 Å². The molecule has 0 unspecified atom stereocenters. The first kappa shape index (κ1) is 15.0. The Bertz CT molecular complexity index is 844. The molecule has 1 aromatic heterocycles. The molecule has 3 rings (SSSR count). The highest BCUT2D eigenvalue weighted by atomic mass is 16.5. The Balaban J connectivity index is 2.15. The van der Waals surface area contributed by atoms with E-state index in [1.54, 1.807) is 7.11 Å². The highest BCUT2D eigenvalue weighted by Crippen LogP contribution is 2.28. The summed E-state index contributed by atoms with van der Waals surface area (Å²) in [7, 11) is 1.62. The zero-order valence-electron chi connectivity index (χ0n) is 13.1. The summed E-state index contributed by atoms with van der Waals surface area (Å²) in [6, 6.07) is 17.6. The lowest BCUT2D eigenvalue weighted by molar-refractivity contribution is -0.142. The van der Waals surface area contributed by atoms with Gasteiger partial charge in [-0.1, -0.05) is 30.3 Å². The number of ether oxygens (including phenoxy) is 2. The Morgan fingerprint density at radius 2 is 1.87 bits per heavy atom. The van der Waals surface area contributed by atoms with Crippen molar-refractivity contribution in [1.82, 2.24) is 4.98 Å². The van der Waals surface area contributed by atoms with Gasteiger partial charge in [0.2, 0.25) is 0 Å². The molecular formula is C19H17NO3. The average molecular weight is 307 g/mol. The van der Waals surface area contributed by atoms with Crippen molar-refractivity contribution in [3.8, 4) is 17.0 Å². The van der Waals surface area contributed by atoms with Crippen LogP contribution in [0.15, 0.2) is 54.6 Å². The minimum Gasteiger partial charge on any atom is -0.497 e. The van der Waals surface area contributed by atoms with Gasteiger partial charge < -0.3 is 9.47 Å². The first-order valence-electron chi connectivity index (χ1n) is 7.34. The molecule has 0 N–H and O–H groups in total. The third kappa shape index (κ3) is 3.31. The van der Waals surface area contributed by atoms with E-state index >= 15 is 0 Å². The average Bonchev–Trinajstić information content (AvgIpc) is 2.59. The molecule has 0 saturated heterocycles. The van der Waals surface area contributed by atoms with Crippen molar-refractivity contribution < 1.29 is 14.3 Å². The number of benzene rings is 2. The number of nitrogens with zero attached hydrogens (tertiary/aromatic N) is 1. The Morgan fingerprint density at radius 3 is 2.57 bits per heavy atom. The van der Waals surface area contributed by atoms with Gasteiger partial charge in [-0.3, -0.25) is 4.79 Å². The van der Waals surface area contributed by atoms with Crippen LogP contribution in [0.5, 0.6) is 5.75 Å². The molecule has 3 aromatic rings. The van der Waals surface area contributed by atoms with Gasteiger partial charge >= 0.3 is 5.97 Å². The monoisotopic (exact) mass is 307 g/mol. The SMILES string of the molecule is COc1ccc2nc(-c3ccccc3)cc(COC(C)=O)c2c1. The Kier molecular flexibility index (Phi) is 4.24. The molecule has 0 radical (unpaired) electrons. The van der Waals surface area contributed by atoms with Gasteiger partial charge in [-0.15, -0.1) is 0 Å². The van der Waals surface area contributed by atoms with Crippen LogP contribution in [0.2, 0.25) is 0 Å². The van der Waals surface area contributed by atoms with Crippen molar-refractivity contribution >= 4 is 16.9 Å². The van der Waals surface area contributed by atoms with Crippen LogP contribution >= 0.6 is 0 Å². The van der Waals surface area contributed by atoms with Crippen LogP contribution in [0.25, 0.3) is 22.2 Å². The topological polar surface area (TPSA) is 48.4 Å². The van der Waals surface area contributed by atoms with Gasteiger partial charge in [0.25, 0.3) is 0 Å². The van der Waals surface area contributed by atoms with Crippen molar-refractivity contribution in [1.29, 1.82) is 0 Å². The third-order valence-electron chi connectivity index (χ3n) is 3.60. The van der Waals surface area contributed by atoms with Gasteiger partial charge in [0, 0.05) is 23.4 Å². The van der Waals surface area contributed by atoms with E-state index in [1.165, 1.54) is 6.92 Å². The van der Waals surface area contributed by atoms with E-state index in [9.17, 15) is 4.79 Å². The van der Waals surface area contributed by atoms with E-state index in [4.69, 9.17) is 14.5 Å². The van der Waals surface area contributed by atoms with E-state index in [-0.39, 0.29) is 12.6 Å². The van der Waals surface area contributed by atoms with Crippen LogP contribution in [0.4, 0.5) is 0 Å². The Morgan fingerprint density at radius 1 is 1.09 bits per heavy atom.